The molecule has 0 aliphatic heterocycles. The van der Waals surface area contributed by atoms with E-state index in [1.165, 1.54) is 27.1 Å². The molecule has 0 aliphatic rings. The average molecular weight is 381 g/mol. The number of hydrogen-bond donors (Lipinski definition) is 1. The summed E-state index contributed by atoms with van der Waals surface area (Å²) in [4.78, 5) is 49.7. The summed E-state index contributed by atoms with van der Waals surface area (Å²) in [6, 6.07) is 8.75. The lowest BCUT2D eigenvalue weighted by molar-refractivity contribution is -0.131. The summed E-state index contributed by atoms with van der Waals surface area (Å²) in [6.45, 7) is -0.00623. The van der Waals surface area contributed by atoms with E-state index < -0.39 is 0 Å². The largest absolute Gasteiger partial charge is 0.337 e. The topological polar surface area (TPSA) is 101 Å². The maximum Gasteiger partial charge on any atom is 0.268 e. The highest BCUT2D eigenvalue weighted by molar-refractivity contribution is 7.17. The summed E-state index contributed by atoms with van der Waals surface area (Å²) < 4.78 is 1.83. The van der Waals surface area contributed by atoms with E-state index in [4.69, 9.17) is 0 Å². The molecule has 0 unspecified atom stereocenters. The number of carbonyl (C=O) groups is 1. The first-order chi connectivity index (χ1) is 13.0. The van der Waals surface area contributed by atoms with Crippen LogP contribution in [0.4, 0.5) is 0 Å². The van der Waals surface area contributed by atoms with Crippen molar-refractivity contribution in [2.75, 3.05) is 7.05 Å². The third-order valence-electron chi connectivity index (χ3n) is 4.21. The lowest BCUT2D eigenvalue weighted by Gasteiger charge is -2.17. The van der Waals surface area contributed by atoms with E-state index in [0.29, 0.717) is 26.9 Å². The molecule has 27 heavy (non-hydrogen) atoms. The van der Waals surface area contributed by atoms with Gasteiger partial charge in [-0.1, -0.05) is 12.1 Å². The molecule has 0 radical (unpaired) electrons. The number of aromatic nitrogens is 4. The number of aromatic amines is 1. The average Bonchev–Trinajstić information content (AvgIpc) is 3.13. The Morgan fingerprint density at radius 2 is 2.04 bits per heavy atom. The first kappa shape index (κ1) is 17.1. The Balaban J connectivity index is 1.55. The van der Waals surface area contributed by atoms with Crippen LogP contribution in [-0.4, -0.2) is 37.4 Å². The van der Waals surface area contributed by atoms with Crippen LogP contribution in [0.15, 0.2) is 51.6 Å². The van der Waals surface area contributed by atoms with Crippen LogP contribution in [0.2, 0.25) is 0 Å². The zero-order chi connectivity index (χ0) is 19.0. The van der Waals surface area contributed by atoms with Gasteiger partial charge < -0.3 is 9.88 Å². The van der Waals surface area contributed by atoms with Crippen LogP contribution in [0.1, 0.15) is 5.82 Å². The van der Waals surface area contributed by atoms with Crippen LogP contribution in [0, 0.1) is 0 Å². The molecule has 1 aromatic carbocycles. The van der Waals surface area contributed by atoms with Crippen LogP contribution in [0.5, 0.6) is 0 Å². The van der Waals surface area contributed by atoms with Crippen LogP contribution in [-0.2, 0) is 17.9 Å². The van der Waals surface area contributed by atoms with Crippen molar-refractivity contribution in [3.63, 3.8) is 0 Å². The van der Waals surface area contributed by atoms with Gasteiger partial charge >= 0.3 is 0 Å². The van der Waals surface area contributed by atoms with E-state index in [1.54, 1.807) is 42.8 Å². The molecule has 9 heteroatoms. The number of H-pyrrole nitrogens is 1. The highest BCUT2D eigenvalue weighted by atomic mass is 32.1. The second-order valence-corrected chi connectivity index (χ2v) is 7.01. The third kappa shape index (κ3) is 3.24. The monoisotopic (exact) mass is 381 g/mol. The summed E-state index contributed by atoms with van der Waals surface area (Å²) in [5.41, 5.74) is 0.703. The van der Waals surface area contributed by atoms with Gasteiger partial charge in [-0.25, -0.2) is 9.97 Å². The number of hydrogen-bond acceptors (Lipinski definition) is 6. The highest BCUT2D eigenvalue weighted by Gasteiger charge is 2.14. The molecule has 0 atom stereocenters. The van der Waals surface area contributed by atoms with E-state index in [2.05, 4.69) is 15.0 Å². The van der Waals surface area contributed by atoms with Crippen molar-refractivity contribution < 1.29 is 4.79 Å². The molecule has 3 aromatic heterocycles. The summed E-state index contributed by atoms with van der Waals surface area (Å²) in [7, 11) is 1.60. The zero-order valence-corrected chi connectivity index (χ0v) is 15.2. The number of rotatable bonds is 4. The molecular formula is C18H15N5O3S. The van der Waals surface area contributed by atoms with Gasteiger partial charge in [-0.3, -0.25) is 19.0 Å². The molecule has 4 rings (SSSR count). The number of fused-ring (bicyclic) bond motifs is 2. The second-order valence-electron chi connectivity index (χ2n) is 6.09. The molecule has 1 amide bonds. The van der Waals surface area contributed by atoms with Gasteiger partial charge in [-0.15, -0.1) is 11.3 Å². The Morgan fingerprint density at radius 1 is 1.22 bits per heavy atom. The van der Waals surface area contributed by atoms with E-state index >= 15 is 0 Å². The molecule has 0 saturated heterocycles. The molecule has 3 heterocycles. The summed E-state index contributed by atoms with van der Waals surface area (Å²) in [5, 5.41) is 2.26. The van der Waals surface area contributed by atoms with Crippen molar-refractivity contribution in [2.24, 2.45) is 0 Å². The summed E-state index contributed by atoms with van der Waals surface area (Å²) in [5.74, 6) is 0.105. The van der Waals surface area contributed by atoms with Gasteiger partial charge in [-0.2, -0.15) is 0 Å². The van der Waals surface area contributed by atoms with E-state index in [9.17, 15) is 14.4 Å². The van der Waals surface area contributed by atoms with Gasteiger partial charge in [0, 0.05) is 7.05 Å². The van der Waals surface area contributed by atoms with Crippen LogP contribution in [0.3, 0.4) is 0 Å². The van der Waals surface area contributed by atoms with Crippen molar-refractivity contribution in [1.29, 1.82) is 0 Å². The predicted molar refractivity (Wildman–Crippen MR) is 103 cm³/mol. The molecule has 4 aromatic rings. The number of likely N-dealkylation sites (N-methyl/N-ethyl adjacent to an activating group) is 1. The number of benzene rings is 1. The Kier molecular flexibility index (Phi) is 4.28. The predicted octanol–water partition coefficient (Wildman–Crippen LogP) is 1.35. The smallest absolute Gasteiger partial charge is 0.268 e. The molecule has 0 fully saturated rings. The minimum Gasteiger partial charge on any atom is -0.337 e. The van der Waals surface area contributed by atoms with Crippen molar-refractivity contribution in [3.8, 4) is 0 Å². The Bertz CT molecular complexity index is 1270. The van der Waals surface area contributed by atoms with Gasteiger partial charge in [0.15, 0.2) is 0 Å². The van der Waals surface area contributed by atoms with Crippen LogP contribution < -0.4 is 11.1 Å². The first-order valence-electron chi connectivity index (χ1n) is 8.17. The molecule has 136 valence electrons. The number of nitrogens with one attached hydrogen (secondary N) is 1. The zero-order valence-electron chi connectivity index (χ0n) is 14.4. The molecule has 0 aliphatic carbocycles. The number of amides is 1. The molecular weight excluding hydrogens is 366 g/mol. The van der Waals surface area contributed by atoms with Crippen LogP contribution >= 0.6 is 11.3 Å². The van der Waals surface area contributed by atoms with Crippen molar-refractivity contribution >= 4 is 38.4 Å². The Hall–Kier alpha value is -3.33. The van der Waals surface area contributed by atoms with Crippen molar-refractivity contribution in [3.05, 3.63) is 68.6 Å². The van der Waals surface area contributed by atoms with Gasteiger partial charge in [0.25, 0.3) is 11.1 Å². The Morgan fingerprint density at radius 3 is 2.89 bits per heavy atom. The molecule has 1 N–H and O–H groups in total. The summed E-state index contributed by atoms with van der Waals surface area (Å²) >= 11 is 1.32. The molecule has 0 bridgehead atoms. The van der Waals surface area contributed by atoms with Gasteiger partial charge in [-0.05, 0) is 23.6 Å². The number of nitrogens with zero attached hydrogens (tertiary/aromatic N) is 4. The second kappa shape index (κ2) is 6.76. The minimum atomic E-state index is -0.290. The third-order valence-corrected chi connectivity index (χ3v) is 5.12. The molecule has 8 nitrogen and oxygen atoms in total. The highest BCUT2D eigenvalue weighted by Crippen LogP contribution is 2.14. The van der Waals surface area contributed by atoms with E-state index in [1.807, 2.05) is 0 Å². The van der Waals surface area contributed by atoms with E-state index in [0.717, 1.165) is 0 Å². The number of para-hydroxylation sites is 1. The van der Waals surface area contributed by atoms with E-state index in [-0.39, 0.29) is 30.1 Å². The maximum absolute atomic E-state index is 12.5. The lowest BCUT2D eigenvalue weighted by Crippen LogP contribution is -2.34. The van der Waals surface area contributed by atoms with Crippen molar-refractivity contribution in [2.45, 2.75) is 13.1 Å². The fourth-order valence-electron chi connectivity index (χ4n) is 2.79. The van der Waals surface area contributed by atoms with Gasteiger partial charge in [0.2, 0.25) is 5.91 Å². The molecule has 0 spiro atoms. The maximum atomic E-state index is 12.5. The van der Waals surface area contributed by atoms with Crippen molar-refractivity contribution in [1.82, 2.24) is 24.4 Å². The summed E-state index contributed by atoms with van der Waals surface area (Å²) in [6.07, 6.45) is 1.37. The normalized spacial score (nSPS) is 11.1. The number of thiophene rings is 1. The Labute approximate surface area is 156 Å². The fourth-order valence-corrected chi connectivity index (χ4v) is 3.52. The molecule has 0 saturated carbocycles. The first-order valence-corrected chi connectivity index (χ1v) is 9.05. The number of carbonyl (C=O) groups excluding carboxylic acids is 1. The standard InChI is InChI=1S/C18H15N5O3S/c1-22(8-14-20-13-6-7-27-16(13)17(25)21-14)15(24)9-23-10-19-12-5-3-2-4-11(12)18(23)26/h2-7,10H,8-9H2,1H3,(H,20,21,25). The SMILES string of the molecule is CN(Cc1nc2ccsc2c(=O)[nH]1)C(=O)Cn1cnc2ccccc2c1=O. The lowest BCUT2D eigenvalue weighted by atomic mass is 10.2. The van der Waals surface area contributed by atoms with Gasteiger partial charge in [0.1, 0.15) is 17.1 Å². The fraction of sp³-hybridized carbons (Fsp3) is 0.167. The van der Waals surface area contributed by atoms with Crippen LogP contribution in [0.25, 0.3) is 21.1 Å². The minimum absolute atomic E-state index is 0.135. The quantitative estimate of drug-likeness (QED) is 0.575. The van der Waals surface area contributed by atoms with Gasteiger partial charge in [0.05, 0.1) is 29.3 Å².